The summed E-state index contributed by atoms with van der Waals surface area (Å²) in [7, 11) is 0. The summed E-state index contributed by atoms with van der Waals surface area (Å²) in [5.41, 5.74) is 1.03. The summed E-state index contributed by atoms with van der Waals surface area (Å²) >= 11 is 0. The largest absolute Gasteiger partial charge is 0.478 e. The third-order valence-corrected chi connectivity index (χ3v) is 1.89. The lowest BCUT2D eigenvalue weighted by Gasteiger charge is -2.07. The Balaban J connectivity index is 2.55. The molecule has 1 heterocycles. The molecule has 0 saturated carbocycles. The van der Waals surface area contributed by atoms with Crippen LogP contribution >= 0.6 is 0 Å². The van der Waals surface area contributed by atoms with Gasteiger partial charge in [0.15, 0.2) is 0 Å². The quantitative estimate of drug-likeness (QED) is 0.730. The van der Waals surface area contributed by atoms with E-state index in [9.17, 15) is 0 Å². The molecule has 0 atom stereocenters. The minimum absolute atomic E-state index is 0.157. The first kappa shape index (κ1) is 11.0. The van der Waals surface area contributed by atoms with Gasteiger partial charge in [-0.3, -0.25) is 0 Å². The van der Waals surface area contributed by atoms with Crippen molar-refractivity contribution in [2.24, 2.45) is 0 Å². The minimum atomic E-state index is 0.157. The van der Waals surface area contributed by atoms with Crippen molar-refractivity contribution in [2.45, 2.75) is 26.2 Å². The van der Waals surface area contributed by atoms with Gasteiger partial charge in [0.05, 0.1) is 6.61 Å². The van der Waals surface area contributed by atoms with Crippen LogP contribution in [0.2, 0.25) is 0 Å². The summed E-state index contributed by atoms with van der Waals surface area (Å²) in [5, 5.41) is 8.59. The molecule has 0 amide bonds. The molecule has 1 aromatic rings. The average molecular weight is 195 g/mol. The molecule has 0 fully saturated rings. The van der Waals surface area contributed by atoms with Gasteiger partial charge in [0, 0.05) is 24.8 Å². The Morgan fingerprint density at radius 1 is 1.43 bits per heavy atom. The maximum atomic E-state index is 8.59. The number of nitrogens with zero attached hydrogens (tertiary/aromatic N) is 1. The number of hydrogen-bond donors (Lipinski definition) is 1. The molecule has 0 aliphatic heterocycles. The lowest BCUT2D eigenvalue weighted by Crippen LogP contribution is -2.02. The number of pyridine rings is 1. The number of aromatic nitrogens is 1. The van der Waals surface area contributed by atoms with E-state index in [0.717, 1.165) is 5.69 Å². The second kappa shape index (κ2) is 5.60. The first-order chi connectivity index (χ1) is 6.74. The van der Waals surface area contributed by atoms with Gasteiger partial charge >= 0.3 is 0 Å². The molecule has 0 bridgehead atoms. The van der Waals surface area contributed by atoms with Crippen LogP contribution in [0.4, 0.5) is 0 Å². The second-order valence-electron chi connectivity index (χ2n) is 3.48. The third-order valence-electron chi connectivity index (χ3n) is 1.89. The van der Waals surface area contributed by atoms with Crippen LogP contribution in [0, 0.1) is 0 Å². The fourth-order valence-electron chi connectivity index (χ4n) is 1.07. The van der Waals surface area contributed by atoms with Crippen molar-refractivity contribution in [3.8, 4) is 5.88 Å². The van der Waals surface area contributed by atoms with Crippen molar-refractivity contribution in [3.05, 3.63) is 23.9 Å². The summed E-state index contributed by atoms with van der Waals surface area (Å²) in [6.07, 6.45) is 0.646. The Labute approximate surface area is 84.7 Å². The van der Waals surface area contributed by atoms with Crippen molar-refractivity contribution < 1.29 is 9.84 Å². The fourth-order valence-corrected chi connectivity index (χ4v) is 1.07. The number of rotatable bonds is 5. The van der Waals surface area contributed by atoms with Crippen molar-refractivity contribution in [2.75, 3.05) is 13.2 Å². The standard InChI is InChI=1S/C11H17NO2/c1-9(2)10-5-3-6-11(12-10)14-8-4-7-13/h3,5-6,9,13H,4,7-8H2,1-2H3. The SMILES string of the molecule is CC(C)c1cccc(OCCCO)n1. The molecule has 1 aromatic heterocycles. The maximum Gasteiger partial charge on any atom is 0.213 e. The van der Waals surface area contributed by atoms with E-state index >= 15 is 0 Å². The molecule has 0 aromatic carbocycles. The van der Waals surface area contributed by atoms with E-state index in [4.69, 9.17) is 9.84 Å². The maximum absolute atomic E-state index is 8.59. The summed E-state index contributed by atoms with van der Waals surface area (Å²) in [6.45, 7) is 4.87. The highest BCUT2D eigenvalue weighted by Gasteiger charge is 2.02. The zero-order valence-corrected chi connectivity index (χ0v) is 8.73. The van der Waals surface area contributed by atoms with E-state index in [-0.39, 0.29) is 6.61 Å². The molecule has 3 nitrogen and oxygen atoms in total. The highest BCUT2D eigenvalue weighted by Crippen LogP contribution is 2.15. The molecule has 0 unspecified atom stereocenters. The number of hydrogen-bond acceptors (Lipinski definition) is 3. The highest BCUT2D eigenvalue weighted by atomic mass is 16.5. The molecule has 0 spiro atoms. The second-order valence-corrected chi connectivity index (χ2v) is 3.48. The first-order valence-electron chi connectivity index (χ1n) is 4.94. The number of ether oxygens (including phenoxy) is 1. The van der Waals surface area contributed by atoms with Gasteiger partial charge in [0.25, 0.3) is 0 Å². The summed E-state index contributed by atoms with van der Waals surface area (Å²) < 4.78 is 5.37. The smallest absolute Gasteiger partial charge is 0.213 e. The molecule has 0 saturated heterocycles. The van der Waals surface area contributed by atoms with Crippen LogP contribution in [-0.4, -0.2) is 23.3 Å². The van der Waals surface area contributed by atoms with Gasteiger partial charge in [0.2, 0.25) is 5.88 Å². The molecule has 3 heteroatoms. The molecular formula is C11H17NO2. The van der Waals surface area contributed by atoms with Gasteiger partial charge in [-0.05, 0) is 12.0 Å². The molecule has 14 heavy (non-hydrogen) atoms. The van der Waals surface area contributed by atoms with Gasteiger partial charge in [-0.1, -0.05) is 19.9 Å². The monoisotopic (exact) mass is 195 g/mol. The van der Waals surface area contributed by atoms with Crippen molar-refractivity contribution >= 4 is 0 Å². The zero-order chi connectivity index (χ0) is 10.4. The van der Waals surface area contributed by atoms with E-state index in [1.54, 1.807) is 0 Å². The summed E-state index contributed by atoms with van der Waals surface area (Å²) in [6, 6.07) is 5.77. The van der Waals surface area contributed by atoms with E-state index in [0.29, 0.717) is 24.8 Å². The normalized spacial score (nSPS) is 10.6. The molecule has 0 radical (unpaired) electrons. The predicted octanol–water partition coefficient (Wildman–Crippen LogP) is 1.97. The van der Waals surface area contributed by atoms with Gasteiger partial charge in [-0.15, -0.1) is 0 Å². The van der Waals surface area contributed by atoms with Gasteiger partial charge in [-0.25, -0.2) is 4.98 Å². The van der Waals surface area contributed by atoms with E-state index in [1.807, 2.05) is 18.2 Å². The highest BCUT2D eigenvalue weighted by molar-refractivity contribution is 5.17. The molecule has 0 aliphatic carbocycles. The Morgan fingerprint density at radius 3 is 2.86 bits per heavy atom. The van der Waals surface area contributed by atoms with Crippen LogP contribution in [0.1, 0.15) is 31.9 Å². The van der Waals surface area contributed by atoms with Gasteiger partial charge in [0.1, 0.15) is 0 Å². The van der Waals surface area contributed by atoms with Crippen LogP contribution in [0.15, 0.2) is 18.2 Å². The van der Waals surface area contributed by atoms with Crippen LogP contribution in [0.5, 0.6) is 5.88 Å². The first-order valence-corrected chi connectivity index (χ1v) is 4.94. The van der Waals surface area contributed by atoms with E-state index < -0.39 is 0 Å². The molecular weight excluding hydrogens is 178 g/mol. The van der Waals surface area contributed by atoms with Gasteiger partial charge in [-0.2, -0.15) is 0 Å². The minimum Gasteiger partial charge on any atom is -0.478 e. The molecule has 78 valence electrons. The Kier molecular flexibility index (Phi) is 4.40. The van der Waals surface area contributed by atoms with Crippen molar-refractivity contribution in [1.29, 1.82) is 0 Å². The summed E-state index contributed by atoms with van der Waals surface area (Å²) in [4.78, 5) is 4.34. The van der Waals surface area contributed by atoms with E-state index in [2.05, 4.69) is 18.8 Å². The van der Waals surface area contributed by atoms with Crippen LogP contribution in [-0.2, 0) is 0 Å². The summed E-state index contributed by atoms with van der Waals surface area (Å²) in [5.74, 6) is 1.06. The van der Waals surface area contributed by atoms with Crippen LogP contribution < -0.4 is 4.74 Å². The van der Waals surface area contributed by atoms with Crippen molar-refractivity contribution in [1.82, 2.24) is 4.98 Å². The van der Waals surface area contributed by atoms with Gasteiger partial charge < -0.3 is 9.84 Å². The van der Waals surface area contributed by atoms with Crippen LogP contribution in [0.25, 0.3) is 0 Å². The zero-order valence-electron chi connectivity index (χ0n) is 8.73. The van der Waals surface area contributed by atoms with Crippen LogP contribution in [0.3, 0.4) is 0 Å². The molecule has 0 aliphatic rings. The lowest BCUT2D eigenvalue weighted by atomic mass is 10.1. The molecule has 1 N–H and O–H groups in total. The Hall–Kier alpha value is -1.09. The lowest BCUT2D eigenvalue weighted by molar-refractivity contribution is 0.229. The topological polar surface area (TPSA) is 42.4 Å². The molecule has 1 rings (SSSR count). The third kappa shape index (κ3) is 3.34. The van der Waals surface area contributed by atoms with Crippen molar-refractivity contribution in [3.63, 3.8) is 0 Å². The number of aliphatic hydroxyl groups is 1. The Bertz CT molecular complexity index is 274. The number of aliphatic hydroxyl groups excluding tert-OH is 1. The van der Waals surface area contributed by atoms with E-state index in [1.165, 1.54) is 0 Å². The average Bonchev–Trinajstić information content (AvgIpc) is 2.19. The Morgan fingerprint density at radius 2 is 2.21 bits per heavy atom. The predicted molar refractivity (Wildman–Crippen MR) is 55.5 cm³/mol. The fraction of sp³-hybridized carbons (Fsp3) is 0.545.